The summed E-state index contributed by atoms with van der Waals surface area (Å²) in [6.07, 6.45) is 8.18. The van der Waals surface area contributed by atoms with E-state index in [1.54, 1.807) is 30.9 Å². The topological polar surface area (TPSA) is 122 Å². The van der Waals surface area contributed by atoms with Gasteiger partial charge in [-0.15, -0.1) is 0 Å². The number of anilines is 2. The number of nitrogens with zero attached hydrogens (tertiary/aromatic N) is 5. The highest BCUT2D eigenvalue weighted by Gasteiger charge is 2.36. The van der Waals surface area contributed by atoms with Crippen LogP contribution in [0.1, 0.15) is 31.5 Å². The van der Waals surface area contributed by atoms with Gasteiger partial charge in [0.25, 0.3) is 0 Å². The van der Waals surface area contributed by atoms with Crippen LogP contribution in [0, 0.1) is 0 Å². The largest absolute Gasteiger partial charge is 0.477 e. The van der Waals surface area contributed by atoms with E-state index in [4.69, 9.17) is 4.74 Å². The van der Waals surface area contributed by atoms with Crippen LogP contribution in [0.15, 0.2) is 36.9 Å². The maximum absolute atomic E-state index is 12.4. The van der Waals surface area contributed by atoms with Crippen molar-refractivity contribution in [3.63, 3.8) is 0 Å². The van der Waals surface area contributed by atoms with E-state index in [-0.39, 0.29) is 11.3 Å². The van der Waals surface area contributed by atoms with Gasteiger partial charge in [0.05, 0.1) is 46.6 Å². The molecule has 174 valence electrons. The summed E-state index contributed by atoms with van der Waals surface area (Å²) in [4.78, 5) is 21.0. The van der Waals surface area contributed by atoms with Crippen molar-refractivity contribution >= 4 is 32.2 Å². The molecule has 0 bridgehead atoms. The molecule has 3 aromatic rings. The molecule has 1 aliphatic heterocycles. The van der Waals surface area contributed by atoms with Gasteiger partial charge in [-0.3, -0.25) is 14.7 Å². The minimum atomic E-state index is -3.33. The lowest BCUT2D eigenvalue weighted by molar-refractivity contribution is 0.325. The smallest absolute Gasteiger partial charge is 0.235 e. The van der Waals surface area contributed by atoms with Crippen LogP contribution in [0.25, 0.3) is 10.6 Å². The van der Waals surface area contributed by atoms with Crippen LogP contribution in [-0.2, 0) is 10.0 Å². The first kappa shape index (κ1) is 22.0. The standard InChI is InChI=1S/C21H25N7O3S2/c1-2-31-20-13-23-10-17(26-20)19-12-25-21(32-19)28-8-7-22-11-18(28)16-9-14(5-6-24-16)27-33(29,30)15-3-4-15/h5-6,9-10,12-13,15,18,22H,2-4,7-8,11H2,1H3,(H,24,27)/t18-/m0/s1. The first-order valence-corrected chi connectivity index (χ1v) is 13.3. The zero-order valence-corrected chi connectivity index (χ0v) is 19.8. The summed E-state index contributed by atoms with van der Waals surface area (Å²) in [5.41, 5.74) is 2.04. The molecule has 2 aliphatic rings. The Morgan fingerprint density at radius 2 is 2.15 bits per heavy atom. The molecule has 1 atom stereocenters. The molecular formula is C21H25N7O3S2. The Bertz CT molecular complexity index is 1230. The van der Waals surface area contributed by atoms with Gasteiger partial charge in [0.2, 0.25) is 15.9 Å². The Labute approximate surface area is 196 Å². The molecule has 1 saturated heterocycles. The molecule has 0 unspecified atom stereocenters. The molecule has 0 amide bonds. The van der Waals surface area contributed by atoms with Crippen molar-refractivity contribution < 1.29 is 13.2 Å². The van der Waals surface area contributed by atoms with Crippen LogP contribution in [0.4, 0.5) is 10.8 Å². The van der Waals surface area contributed by atoms with E-state index in [1.807, 2.05) is 13.0 Å². The van der Waals surface area contributed by atoms with Crippen LogP contribution in [-0.4, -0.2) is 59.8 Å². The van der Waals surface area contributed by atoms with Gasteiger partial charge in [-0.25, -0.2) is 18.4 Å². The molecule has 33 heavy (non-hydrogen) atoms. The van der Waals surface area contributed by atoms with Gasteiger partial charge >= 0.3 is 0 Å². The number of aromatic nitrogens is 4. The van der Waals surface area contributed by atoms with E-state index in [0.717, 1.165) is 41.6 Å². The molecule has 2 N–H and O–H groups in total. The Balaban J connectivity index is 1.39. The monoisotopic (exact) mass is 487 g/mol. The Kier molecular flexibility index (Phi) is 6.13. The summed E-state index contributed by atoms with van der Waals surface area (Å²) in [5, 5.41) is 3.98. The molecule has 1 aliphatic carbocycles. The summed E-state index contributed by atoms with van der Waals surface area (Å²) in [6, 6.07) is 3.43. The van der Waals surface area contributed by atoms with E-state index >= 15 is 0 Å². The number of pyridine rings is 1. The lowest BCUT2D eigenvalue weighted by atomic mass is 10.1. The zero-order valence-electron chi connectivity index (χ0n) is 18.1. The number of sulfonamides is 1. The lowest BCUT2D eigenvalue weighted by Gasteiger charge is -2.35. The van der Waals surface area contributed by atoms with Crippen molar-refractivity contribution in [3.05, 3.63) is 42.6 Å². The second-order valence-corrected chi connectivity index (χ2v) is 10.9. The fraction of sp³-hybridized carbons (Fsp3) is 0.429. The van der Waals surface area contributed by atoms with Gasteiger partial charge in [-0.2, -0.15) is 0 Å². The number of hydrogen-bond donors (Lipinski definition) is 2. The molecule has 2 fully saturated rings. The minimum absolute atomic E-state index is 0.0797. The average Bonchev–Trinajstić information content (AvgIpc) is 3.58. The number of ether oxygens (including phenoxy) is 1. The van der Waals surface area contributed by atoms with Gasteiger partial charge in [0.15, 0.2) is 5.13 Å². The fourth-order valence-corrected chi connectivity index (χ4v) is 6.04. The third-order valence-electron chi connectivity index (χ3n) is 5.49. The summed E-state index contributed by atoms with van der Waals surface area (Å²) < 4.78 is 32.9. The van der Waals surface area contributed by atoms with E-state index < -0.39 is 10.0 Å². The summed E-state index contributed by atoms with van der Waals surface area (Å²) in [7, 11) is -3.33. The average molecular weight is 488 g/mol. The fourth-order valence-electron chi connectivity index (χ4n) is 3.72. The van der Waals surface area contributed by atoms with E-state index in [1.165, 1.54) is 11.3 Å². The maximum atomic E-state index is 12.4. The Hall–Kier alpha value is -2.83. The van der Waals surface area contributed by atoms with E-state index in [9.17, 15) is 8.42 Å². The van der Waals surface area contributed by atoms with Crippen molar-refractivity contribution in [2.45, 2.75) is 31.1 Å². The normalized spacial score (nSPS) is 18.8. The summed E-state index contributed by atoms with van der Waals surface area (Å²) in [5.74, 6) is 0.486. The number of hydrogen-bond acceptors (Lipinski definition) is 10. The van der Waals surface area contributed by atoms with Gasteiger partial charge in [0.1, 0.15) is 5.69 Å². The molecule has 4 heterocycles. The predicted molar refractivity (Wildman–Crippen MR) is 127 cm³/mol. The molecule has 3 aromatic heterocycles. The van der Waals surface area contributed by atoms with Gasteiger partial charge in [-0.1, -0.05) is 11.3 Å². The van der Waals surface area contributed by atoms with Crippen LogP contribution in [0.5, 0.6) is 5.88 Å². The Morgan fingerprint density at radius 1 is 1.27 bits per heavy atom. The Morgan fingerprint density at radius 3 is 2.97 bits per heavy atom. The lowest BCUT2D eigenvalue weighted by Crippen LogP contribution is -2.46. The minimum Gasteiger partial charge on any atom is -0.477 e. The van der Waals surface area contributed by atoms with Crippen LogP contribution >= 0.6 is 11.3 Å². The van der Waals surface area contributed by atoms with Crippen molar-refractivity contribution in [1.82, 2.24) is 25.3 Å². The summed E-state index contributed by atoms with van der Waals surface area (Å²) in [6.45, 7) is 4.68. The highest BCUT2D eigenvalue weighted by Crippen LogP contribution is 2.36. The molecule has 0 aromatic carbocycles. The maximum Gasteiger partial charge on any atom is 0.235 e. The van der Waals surface area contributed by atoms with Crippen molar-refractivity contribution in [3.8, 4) is 16.5 Å². The van der Waals surface area contributed by atoms with E-state index in [0.29, 0.717) is 30.4 Å². The zero-order chi connectivity index (χ0) is 22.8. The number of nitrogens with one attached hydrogen (secondary N) is 2. The number of rotatable bonds is 8. The van der Waals surface area contributed by atoms with Gasteiger partial charge in [-0.05, 0) is 31.9 Å². The van der Waals surface area contributed by atoms with Gasteiger partial charge < -0.3 is 15.0 Å². The van der Waals surface area contributed by atoms with Gasteiger partial charge in [0, 0.05) is 32.0 Å². The molecule has 0 spiro atoms. The third-order valence-corrected chi connectivity index (χ3v) is 8.41. The predicted octanol–water partition coefficient (Wildman–Crippen LogP) is 2.45. The SMILES string of the molecule is CCOc1cncc(-c2cnc(N3CCNC[C@H]3c3cc(NS(=O)(=O)C4CC4)ccn3)s2)n1. The second kappa shape index (κ2) is 9.20. The quantitative estimate of drug-likeness (QED) is 0.493. The van der Waals surface area contributed by atoms with E-state index in [2.05, 4.69) is 34.9 Å². The summed E-state index contributed by atoms with van der Waals surface area (Å²) >= 11 is 1.53. The van der Waals surface area contributed by atoms with Crippen LogP contribution in [0.3, 0.4) is 0 Å². The molecule has 10 nitrogen and oxygen atoms in total. The number of thiazole rings is 1. The second-order valence-electron chi connectivity index (χ2n) is 7.91. The molecule has 1 saturated carbocycles. The first-order chi connectivity index (χ1) is 16.0. The molecule has 0 radical (unpaired) electrons. The highest BCUT2D eigenvalue weighted by molar-refractivity contribution is 7.93. The molecular weight excluding hydrogens is 462 g/mol. The van der Waals surface area contributed by atoms with Crippen molar-refractivity contribution in [2.24, 2.45) is 0 Å². The van der Waals surface area contributed by atoms with Crippen molar-refractivity contribution in [1.29, 1.82) is 0 Å². The highest BCUT2D eigenvalue weighted by atomic mass is 32.2. The molecule has 5 rings (SSSR count). The van der Waals surface area contributed by atoms with Crippen LogP contribution in [0.2, 0.25) is 0 Å². The third kappa shape index (κ3) is 4.92. The number of piperazine rings is 1. The van der Waals surface area contributed by atoms with Crippen molar-refractivity contribution in [2.75, 3.05) is 35.9 Å². The van der Waals surface area contributed by atoms with Crippen LogP contribution < -0.4 is 19.7 Å². The molecule has 12 heteroatoms. The first-order valence-electron chi connectivity index (χ1n) is 10.9.